The van der Waals surface area contributed by atoms with Gasteiger partial charge in [-0.15, -0.1) is 0 Å². The summed E-state index contributed by atoms with van der Waals surface area (Å²) < 4.78 is 0. The summed E-state index contributed by atoms with van der Waals surface area (Å²) in [5.41, 5.74) is 2.95. The number of nitrogens with zero attached hydrogens (tertiary/aromatic N) is 2. The third-order valence-electron chi connectivity index (χ3n) is 3.64. The average Bonchev–Trinajstić information content (AvgIpc) is 2.64. The molecule has 0 aliphatic heterocycles. The van der Waals surface area contributed by atoms with E-state index in [9.17, 15) is 4.79 Å². The molecule has 2 N–H and O–H groups in total. The van der Waals surface area contributed by atoms with Gasteiger partial charge in [-0.1, -0.05) is 53.0 Å². The van der Waals surface area contributed by atoms with E-state index in [2.05, 4.69) is 20.6 Å². The van der Waals surface area contributed by atoms with E-state index in [-0.39, 0.29) is 5.69 Å². The number of hydrogen-bond donors (Lipinski definition) is 2. The largest absolute Gasteiger partial charge is 0.350 e. The lowest BCUT2D eigenvalue weighted by molar-refractivity contribution is 0.102. The van der Waals surface area contributed by atoms with E-state index < -0.39 is 5.91 Å². The first-order chi connectivity index (χ1) is 12.5. The zero-order valence-electron chi connectivity index (χ0n) is 14.0. The molecule has 2 aromatic carbocycles. The van der Waals surface area contributed by atoms with Gasteiger partial charge in [0.1, 0.15) is 5.69 Å². The topological polar surface area (TPSA) is 66.9 Å². The third kappa shape index (κ3) is 4.71. The Morgan fingerprint density at radius 3 is 2.62 bits per heavy atom. The summed E-state index contributed by atoms with van der Waals surface area (Å²) in [7, 11) is 0. The fraction of sp³-hybridized carbons (Fsp3) is 0.105. The van der Waals surface area contributed by atoms with Crippen LogP contribution in [-0.2, 0) is 6.54 Å². The molecule has 7 heteroatoms. The van der Waals surface area contributed by atoms with Crippen molar-refractivity contribution in [2.24, 2.45) is 0 Å². The number of aryl methyl sites for hydroxylation is 1. The lowest BCUT2D eigenvalue weighted by Gasteiger charge is -2.09. The number of carbonyl (C=O) groups excluding carboxylic acids is 1. The molecule has 0 radical (unpaired) electrons. The molecule has 0 bridgehead atoms. The second-order valence-electron chi connectivity index (χ2n) is 5.68. The van der Waals surface area contributed by atoms with E-state index in [1.165, 1.54) is 17.8 Å². The molecule has 3 rings (SSSR count). The van der Waals surface area contributed by atoms with Gasteiger partial charge in [0.05, 0.1) is 10.7 Å². The number of anilines is 2. The summed E-state index contributed by atoms with van der Waals surface area (Å²) in [6.07, 6.45) is 1.53. The molecule has 3 aromatic rings. The predicted molar refractivity (Wildman–Crippen MR) is 105 cm³/mol. The Bertz CT molecular complexity index is 929. The quantitative estimate of drug-likeness (QED) is 0.650. The molecule has 0 atom stereocenters. The minimum absolute atomic E-state index is 0.224. The second-order valence-corrected chi connectivity index (χ2v) is 6.53. The van der Waals surface area contributed by atoms with Crippen LogP contribution in [0.25, 0.3) is 0 Å². The molecule has 0 unspecified atom stereocenters. The minimum Gasteiger partial charge on any atom is -0.350 e. The zero-order chi connectivity index (χ0) is 18.5. The van der Waals surface area contributed by atoms with Gasteiger partial charge in [0.2, 0.25) is 5.95 Å². The van der Waals surface area contributed by atoms with Gasteiger partial charge in [0.15, 0.2) is 0 Å². The molecule has 1 amide bonds. The molecule has 1 heterocycles. The van der Waals surface area contributed by atoms with E-state index in [0.29, 0.717) is 28.2 Å². The Morgan fingerprint density at radius 1 is 1.08 bits per heavy atom. The highest BCUT2D eigenvalue weighted by atomic mass is 35.5. The van der Waals surface area contributed by atoms with Crippen LogP contribution < -0.4 is 10.6 Å². The van der Waals surface area contributed by atoms with Gasteiger partial charge in [0, 0.05) is 17.8 Å². The summed E-state index contributed by atoms with van der Waals surface area (Å²) in [6, 6.07) is 14.5. The van der Waals surface area contributed by atoms with Gasteiger partial charge < -0.3 is 10.6 Å². The standard InChI is InChI=1S/C19H16Cl2N4O/c1-12-2-4-13(5-3-12)11-23-19-22-9-8-16(25-19)18(26)24-17-10-14(20)6-7-15(17)21/h2-10H,11H2,1H3,(H,24,26)(H,22,23,25). The molecule has 1 aromatic heterocycles. The van der Waals surface area contributed by atoms with Crippen molar-refractivity contribution >= 4 is 40.7 Å². The van der Waals surface area contributed by atoms with Crippen molar-refractivity contribution in [3.05, 3.63) is 81.6 Å². The fourth-order valence-electron chi connectivity index (χ4n) is 2.24. The van der Waals surface area contributed by atoms with E-state index in [1.54, 1.807) is 18.2 Å². The Balaban J connectivity index is 1.69. The summed E-state index contributed by atoms with van der Waals surface area (Å²) in [5, 5.41) is 6.69. The molecule has 0 aliphatic carbocycles. The molecule has 0 aliphatic rings. The maximum absolute atomic E-state index is 12.4. The minimum atomic E-state index is -0.394. The first kappa shape index (κ1) is 18.2. The summed E-state index contributed by atoms with van der Waals surface area (Å²) >= 11 is 12.0. The number of hydrogen-bond acceptors (Lipinski definition) is 4. The first-order valence-electron chi connectivity index (χ1n) is 7.90. The number of halogens is 2. The number of aromatic nitrogens is 2. The monoisotopic (exact) mass is 386 g/mol. The molecule has 0 fully saturated rings. The smallest absolute Gasteiger partial charge is 0.274 e. The lowest BCUT2D eigenvalue weighted by atomic mass is 10.1. The highest BCUT2D eigenvalue weighted by molar-refractivity contribution is 6.35. The van der Waals surface area contributed by atoms with Crippen LogP contribution in [0.2, 0.25) is 10.0 Å². The first-order valence-corrected chi connectivity index (χ1v) is 8.66. The molecule has 26 heavy (non-hydrogen) atoms. The Hall–Kier alpha value is -2.63. The number of benzene rings is 2. The van der Waals surface area contributed by atoms with E-state index in [1.807, 2.05) is 31.2 Å². The summed E-state index contributed by atoms with van der Waals surface area (Å²) in [5.74, 6) is -0.0228. The molecule has 0 spiro atoms. The maximum Gasteiger partial charge on any atom is 0.274 e. The van der Waals surface area contributed by atoms with Crippen molar-refractivity contribution in [2.75, 3.05) is 10.6 Å². The Morgan fingerprint density at radius 2 is 1.85 bits per heavy atom. The summed E-state index contributed by atoms with van der Waals surface area (Å²) in [6.45, 7) is 2.60. The van der Waals surface area contributed by atoms with Crippen LogP contribution in [0, 0.1) is 6.92 Å². The van der Waals surface area contributed by atoms with Crippen molar-refractivity contribution in [2.45, 2.75) is 13.5 Å². The molecule has 0 saturated heterocycles. The van der Waals surface area contributed by atoms with Crippen LogP contribution >= 0.6 is 23.2 Å². The predicted octanol–water partition coefficient (Wildman–Crippen LogP) is 4.96. The molecule has 132 valence electrons. The number of carbonyl (C=O) groups is 1. The van der Waals surface area contributed by atoms with Crippen molar-refractivity contribution < 1.29 is 4.79 Å². The molecular formula is C19H16Cl2N4O. The van der Waals surface area contributed by atoms with Crippen LogP contribution in [-0.4, -0.2) is 15.9 Å². The van der Waals surface area contributed by atoms with Crippen LogP contribution in [0.15, 0.2) is 54.7 Å². The van der Waals surface area contributed by atoms with Gasteiger partial charge in [-0.3, -0.25) is 4.79 Å². The van der Waals surface area contributed by atoms with Crippen LogP contribution in [0.4, 0.5) is 11.6 Å². The molecule has 0 saturated carbocycles. The van der Waals surface area contributed by atoms with E-state index >= 15 is 0 Å². The highest BCUT2D eigenvalue weighted by Gasteiger charge is 2.11. The maximum atomic E-state index is 12.4. The van der Waals surface area contributed by atoms with Crippen molar-refractivity contribution in [3.63, 3.8) is 0 Å². The van der Waals surface area contributed by atoms with Crippen LogP contribution in [0.5, 0.6) is 0 Å². The number of rotatable bonds is 5. The van der Waals surface area contributed by atoms with E-state index in [4.69, 9.17) is 23.2 Å². The lowest BCUT2D eigenvalue weighted by Crippen LogP contribution is -2.15. The Labute approximate surface area is 161 Å². The highest BCUT2D eigenvalue weighted by Crippen LogP contribution is 2.25. The summed E-state index contributed by atoms with van der Waals surface area (Å²) in [4.78, 5) is 20.8. The SMILES string of the molecule is Cc1ccc(CNc2nccc(C(=O)Nc3cc(Cl)ccc3Cl)n2)cc1. The normalized spacial score (nSPS) is 10.4. The van der Waals surface area contributed by atoms with Crippen molar-refractivity contribution in [3.8, 4) is 0 Å². The van der Waals surface area contributed by atoms with Gasteiger partial charge >= 0.3 is 0 Å². The number of amides is 1. The Kier molecular flexibility index (Phi) is 5.71. The molecular weight excluding hydrogens is 371 g/mol. The van der Waals surface area contributed by atoms with Crippen LogP contribution in [0.3, 0.4) is 0 Å². The number of nitrogens with one attached hydrogen (secondary N) is 2. The van der Waals surface area contributed by atoms with Crippen molar-refractivity contribution in [1.82, 2.24) is 9.97 Å². The average molecular weight is 387 g/mol. The van der Waals surface area contributed by atoms with Gasteiger partial charge in [-0.05, 0) is 36.8 Å². The second kappa shape index (κ2) is 8.17. The van der Waals surface area contributed by atoms with Gasteiger partial charge in [0.25, 0.3) is 5.91 Å². The van der Waals surface area contributed by atoms with Crippen LogP contribution in [0.1, 0.15) is 21.6 Å². The molecule has 5 nitrogen and oxygen atoms in total. The van der Waals surface area contributed by atoms with E-state index in [0.717, 1.165) is 5.56 Å². The fourth-order valence-corrected chi connectivity index (χ4v) is 2.57. The third-order valence-corrected chi connectivity index (χ3v) is 4.20. The zero-order valence-corrected chi connectivity index (χ0v) is 15.5. The van der Waals surface area contributed by atoms with Gasteiger partial charge in [-0.2, -0.15) is 0 Å². The van der Waals surface area contributed by atoms with Gasteiger partial charge in [-0.25, -0.2) is 9.97 Å². The van der Waals surface area contributed by atoms with Crippen molar-refractivity contribution in [1.29, 1.82) is 0 Å².